The van der Waals surface area contributed by atoms with Crippen molar-refractivity contribution in [2.75, 3.05) is 5.73 Å². The minimum atomic E-state index is -0.758. The first-order valence-corrected chi connectivity index (χ1v) is 9.34. The van der Waals surface area contributed by atoms with Gasteiger partial charge in [0.1, 0.15) is 18.1 Å². The maximum atomic E-state index is 13.0. The van der Waals surface area contributed by atoms with Crippen LogP contribution in [0, 0.1) is 0 Å². The van der Waals surface area contributed by atoms with Crippen molar-refractivity contribution in [1.29, 1.82) is 0 Å². The average molecular weight is 399 g/mol. The number of fused-ring (bicyclic) bond motifs is 2. The molecule has 0 bridgehead atoms. The van der Waals surface area contributed by atoms with Gasteiger partial charge in [0, 0.05) is 28.7 Å². The molecule has 0 spiro atoms. The summed E-state index contributed by atoms with van der Waals surface area (Å²) >= 11 is 0. The van der Waals surface area contributed by atoms with Crippen molar-refractivity contribution in [1.82, 2.24) is 9.55 Å². The number of nitrogens with two attached hydrogens (primary N) is 1. The van der Waals surface area contributed by atoms with Crippen molar-refractivity contribution in [2.24, 2.45) is 0 Å². The normalized spacial score (nSPS) is 11.2. The molecular formula is C23H17N3O4. The number of nitrogen functional groups attached to an aromatic ring is 1. The molecule has 0 aliphatic carbocycles. The number of oxazole rings is 1. The highest BCUT2D eigenvalue weighted by Gasteiger charge is 2.19. The molecule has 5 rings (SSSR count). The molecule has 30 heavy (non-hydrogen) atoms. The van der Waals surface area contributed by atoms with E-state index in [2.05, 4.69) is 4.98 Å². The Balaban J connectivity index is 1.46. The molecule has 0 aliphatic heterocycles. The average Bonchev–Trinajstić information content (AvgIpc) is 3.32. The number of carbonyl (C=O) groups is 1. The van der Waals surface area contributed by atoms with Crippen molar-refractivity contribution in [2.45, 2.75) is 6.61 Å². The van der Waals surface area contributed by atoms with E-state index in [0.29, 0.717) is 23.6 Å². The van der Waals surface area contributed by atoms with Crippen LogP contribution in [-0.4, -0.2) is 15.5 Å². The van der Waals surface area contributed by atoms with E-state index in [1.807, 2.05) is 48.5 Å². The second-order valence-corrected chi connectivity index (χ2v) is 6.94. The maximum absolute atomic E-state index is 13.0. The molecule has 3 aromatic carbocycles. The van der Waals surface area contributed by atoms with E-state index in [-0.39, 0.29) is 11.3 Å². The lowest BCUT2D eigenvalue weighted by Crippen LogP contribution is -2.23. The number of hydrogen-bond acceptors (Lipinski definition) is 5. The van der Waals surface area contributed by atoms with Crippen molar-refractivity contribution in [3.8, 4) is 5.75 Å². The third-order valence-corrected chi connectivity index (χ3v) is 4.88. The van der Waals surface area contributed by atoms with Gasteiger partial charge in [-0.3, -0.25) is 4.79 Å². The van der Waals surface area contributed by atoms with Gasteiger partial charge in [-0.25, -0.2) is 9.36 Å². The van der Waals surface area contributed by atoms with Gasteiger partial charge < -0.3 is 19.9 Å². The molecule has 7 nitrogen and oxygen atoms in total. The van der Waals surface area contributed by atoms with Crippen LogP contribution in [0.2, 0.25) is 0 Å². The highest BCUT2D eigenvalue weighted by Crippen LogP contribution is 2.24. The van der Waals surface area contributed by atoms with Crippen molar-refractivity contribution >= 4 is 33.6 Å². The minimum absolute atomic E-state index is 0.265. The summed E-state index contributed by atoms with van der Waals surface area (Å²) in [4.78, 5) is 28.3. The molecule has 5 aromatic rings. The summed E-state index contributed by atoms with van der Waals surface area (Å²) in [6.45, 7) is 0.443. The third kappa shape index (κ3) is 3.12. The summed E-state index contributed by atoms with van der Waals surface area (Å²) in [5.74, 6) is -0.591. The Morgan fingerprint density at radius 2 is 1.87 bits per heavy atom. The van der Waals surface area contributed by atoms with Crippen LogP contribution < -0.4 is 16.2 Å². The minimum Gasteiger partial charge on any atom is -0.489 e. The molecule has 0 radical (unpaired) electrons. The molecule has 3 N–H and O–H groups in total. The Hall–Kier alpha value is -4.26. The van der Waals surface area contributed by atoms with Gasteiger partial charge in [0.15, 0.2) is 5.58 Å². The van der Waals surface area contributed by atoms with Crippen LogP contribution in [0.5, 0.6) is 5.75 Å². The summed E-state index contributed by atoms with van der Waals surface area (Å²) in [7, 11) is 0. The molecule has 0 saturated heterocycles. The molecule has 0 fully saturated rings. The summed E-state index contributed by atoms with van der Waals surface area (Å²) in [6, 6.07) is 21.8. The van der Waals surface area contributed by atoms with Crippen LogP contribution in [0.1, 0.15) is 16.1 Å². The number of anilines is 1. The lowest BCUT2D eigenvalue weighted by molar-refractivity contribution is 0.0952. The lowest BCUT2D eigenvalue weighted by atomic mass is 10.2. The summed E-state index contributed by atoms with van der Waals surface area (Å²) in [5.41, 5.74) is 8.86. The Labute approximate surface area is 170 Å². The van der Waals surface area contributed by atoms with Crippen molar-refractivity contribution in [3.63, 3.8) is 0 Å². The van der Waals surface area contributed by atoms with Gasteiger partial charge in [-0.15, -0.1) is 0 Å². The Bertz CT molecular complexity index is 1440. The van der Waals surface area contributed by atoms with Gasteiger partial charge in [0.05, 0.1) is 5.52 Å². The molecule has 0 atom stereocenters. The van der Waals surface area contributed by atoms with Crippen LogP contribution in [0.4, 0.5) is 5.69 Å². The molecule has 0 aliphatic rings. The maximum Gasteiger partial charge on any atom is 0.427 e. The fraction of sp³-hybridized carbons (Fsp3) is 0.0435. The quantitative estimate of drug-likeness (QED) is 0.446. The van der Waals surface area contributed by atoms with Crippen LogP contribution >= 0.6 is 0 Å². The van der Waals surface area contributed by atoms with Gasteiger partial charge in [-0.1, -0.05) is 30.3 Å². The van der Waals surface area contributed by atoms with E-state index in [4.69, 9.17) is 14.9 Å². The van der Waals surface area contributed by atoms with Gasteiger partial charge in [-0.2, -0.15) is 0 Å². The predicted molar refractivity (Wildman–Crippen MR) is 114 cm³/mol. The second-order valence-electron chi connectivity index (χ2n) is 6.94. The number of benzene rings is 3. The number of carbonyl (C=O) groups excluding carboxylic acids is 1. The highest BCUT2D eigenvalue weighted by molar-refractivity contribution is 6.03. The number of H-pyrrole nitrogens is 1. The summed E-state index contributed by atoms with van der Waals surface area (Å²) < 4.78 is 12.0. The van der Waals surface area contributed by atoms with Crippen LogP contribution in [-0.2, 0) is 6.61 Å². The second kappa shape index (κ2) is 6.97. The van der Waals surface area contributed by atoms with E-state index >= 15 is 0 Å². The van der Waals surface area contributed by atoms with E-state index in [0.717, 1.165) is 21.0 Å². The monoisotopic (exact) mass is 399 g/mol. The molecule has 0 unspecified atom stereocenters. The number of ether oxygens (including phenoxy) is 1. The number of hydrogen-bond donors (Lipinski definition) is 2. The van der Waals surface area contributed by atoms with E-state index in [1.54, 1.807) is 18.2 Å². The number of aromatic amines is 1. The Morgan fingerprint density at radius 1 is 1.03 bits per heavy atom. The fourth-order valence-electron chi connectivity index (χ4n) is 3.40. The van der Waals surface area contributed by atoms with Crippen molar-refractivity contribution in [3.05, 3.63) is 94.6 Å². The summed E-state index contributed by atoms with van der Waals surface area (Å²) in [5, 5.41) is 0.829. The first-order valence-electron chi connectivity index (χ1n) is 9.34. The Kier molecular flexibility index (Phi) is 4.14. The zero-order valence-corrected chi connectivity index (χ0v) is 15.8. The lowest BCUT2D eigenvalue weighted by Gasteiger charge is -2.06. The van der Waals surface area contributed by atoms with Gasteiger partial charge in [0.2, 0.25) is 0 Å². The van der Waals surface area contributed by atoms with Crippen LogP contribution in [0.3, 0.4) is 0 Å². The molecule has 2 heterocycles. The number of nitrogens with zero attached hydrogens (tertiary/aromatic N) is 1. The number of aromatic nitrogens is 2. The van der Waals surface area contributed by atoms with E-state index in [1.165, 1.54) is 6.07 Å². The molecular weight excluding hydrogens is 382 g/mol. The van der Waals surface area contributed by atoms with Crippen LogP contribution in [0.15, 0.2) is 82.0 Å². The fourth-order valence-corrected chi connectivity index (χ4v) is 3.40. The van der Waals surface area contributed by atoms with Crippen molar-refractivity contribution < 1.29 is 13.9 Å². The van der Waals surface area contributed by atoms with E-state index in [9.17, 15) is 9.59 Å². The molecule has 2 aromatic heterocycles. The van der Waals surface area contributed by atoms with Gasteiger partial charge in [-0.05, 0) is 35.9 Å². The first-order chi connectivity index (χ1) is 14.6. The number of rotatable bonds is 4. The van der Waals surface area contributed by atoms with E-state index < -0.39 is 11.7 Å². The van der Waals surface area contributed by atoms with Gasteiger partial charge in [0.25, 0.3) is 5.91 Å². The zero-order chi connectivity index (χ0) is 20.7. The molecule has 7 heteroatoms. The molecule has 148 valence electrons. The SMILES string of the molecule is Nc1ccc2c(c1)oc(=O)n2C(=O)c1cc2ccc(OCc3ccccc3)cc2[nH]1. The molecule has 0 saturated carbocycles. The third-order valence-electron chi connectivity index (χ3n) is 4.88. The number of nitrogens with one attached hydrogen (secondary N) is 1. The van der Waals surface area contributed by atoms with Gasteiger partial charge >= 0.3 is 5.76 Å². The largest absolute Gasteiger partial charge is 0.489 e. The Morgan fingerprint density at radius 3 is 2.70 bits per heavy atom. The zero-order valence-electron chi connectivity index (χ0n) is 15.8. The smallest absolute Gasteiger partial charge is 0.427 e. The molecule has 0 amide bonds. The topological polar surface area (TPSA) is 103 Å². The van der Waals surface area contributed by atoms with Crippen LogP contribution in [0.25, 0.3) is 22.0 Å². The first kappa shape index (κ1) is 17.8. The predicted octanol–water partition coefficient (Wildman–Crippen LogP) is 3.93. The standard InChI is InChI=1S/C23H17N3O4/c24-16-7-9-20-21(11-16)30-23(28)26(20)22(27)19-10-15-6-8-17(12-18(15)25-19)29-13-14-4-2-1-3-5-14/h1-12,25H,13,24H2. The summed E-state index contributed by atoms with van der Waals surface area (Å²) in [6.07, 6.45) is 0. The highest BCUT2D eigenvalue weighted by atomic mass is 16.5.